The number of carboxylic acids is 2. The van der Waals surface area contributed by atoms with Crippen molar-refractivity contribution in [2.24, 2.45) is 52.7 Å². The Morgan fingerprint density at radius 2 is 0.912 bits per heavy atom. The normalized spacial score (nSPS) is 24.0. The van der Waals surface area contributed by atoms with Crippen LogP contribution in [0.4, 0.5) is 4.39 Å². The van der Waals surface area contributed by atoms with E-state index in [9.17, 15) is 121 Å². The number of amides is 17. The number of nitrogens with two attached hydrogens (primary N) is 3. The molecule has 5 heterocycles. The number of thioether (sulfide) groups is 2. The molecule has 750 valence electrons. The molecular weight excluding hydrogens is 1820 g/mol. The maximum Gasteiger partial charge on any atom is 0.350 e. The largest absolute Gasteiger partial charge is 0.480 e. The topological polar surface area (TPSA) is 676 Å². The highest BCUT2D eigenvalue weighted by Gasteiger charge is 2.46. The molecule has 0 bridgehead atoms. The first-order chi connectivity index (χ1) is 64.6. The number of rotatable bonds is 26. The number of primary amides is 2. The minimum absolute atomic E-state index is 0.0373. The number of nitrogens with zero attached hydrogens (tertiary/aromatic N) is 3. The van der Waals surface area contributed by atoms with E-state index < -0.39 is 255 Å². The number of carbonyl (C=O) groups excluding carboxylic acids is 18. The lowest BCUT2D eigenvalue weighted by atomic mass is 9.89. The zero-order valence-corrected chi connectivity index (χ0v) is 79.8. The molecule has 3 fully saturated rings. The van der Waals surface area contributed by atoms with Gasteiger partial charge < -0.3 is 121 Å². The molecular formula is C89H130FN19O25S2. The lowest BCUT2D eigenvalue weighted by Crippen LogP contribution is -2.58. The van der Waals surface area contributed by atoms with Crippen LogP contribution < -0.4 is 86.3 Å². The molecule has 1 unspecified atom stereocenters. The number of hydroxylamine groups is 2. The summed E-state index contributed by atoms with van der Waals surface area (Å²) in [5.74, 6) is -17.0. The average Bonchev–Trinajstić information content (AvgIpc) is 1.64. The number of hydrogen-bond donors (Lipinski definition) is 20. The van der Waals surface area contributed by atoms with E-state index >= 15 is 0 Å². The van der Waals surface area contributed by atoms with Gasteiger partial charge in [-0.25, -0.2) is 14.4 Å². The van der Waals surface area contributed by atoms with Crippen molar-refractivity contribution in [2.45, 2.75) is 231 Å². The van der Waals surface area contributed by atoms with Crippen molar-refractivity contribution in [3.63, 3.8) is 0 Å². The molecule has 23 N–H and O–H groups in total. The van der Waals surface area contributed by atoms with Gasteiger partial charge in [0, 0.05) is 69.5 Å². The van der Waals surface area contributed by atoms with Crippen molar-refractivity contribution in [2.75, 3.05) is 72.0 Å². The van der Waals surface area contributed by atoms with Gasteiger partial charge in [-0.1, -0.05) is 131 Å². The van der Waals surface area contributed by atoms with Gasteiger partial charge in [0.1, 0.15) is 60.4 Å². The maximum atomic E-state index is 14.2. The number of hydrogen-bond acceptors (Lipinski definition) is 28. The third-order valence-corrected chi connectivity index (χ3v) is 27.0. The second-order valence-corrected chi connectivity index (χ2v) is 37.0. The Labute approximate surface area is 796 Å². The van der Waals surface area contributed by atoms with Crippen LogP contribution in [-0.2, 0) is 114 Å². The Hall–Kier alpha value is -12.0. The number of halogens is 1. The number of β-amino-alcohol motifs (C(OH)–C–C–N with tert-alkyl or cyclic N) is 2. The van der Waals surface area contributed by atoms with Crippen molar-refractivity contribution < 1.29 is 127 Å². The lowest BCUT2D eigenvalue weighted by Gasteiger charge is -2.29. The number of fused-ring (bicyclic) bond motifs is 4. The molecule has 9 rings (SSSR count). The van der Waals surface area contributed by atoms with E-state index in [1.807, 2.05) is 90.1 Å². The second-order valence-electron chi connectivity index (χ2n) is 34.8. The highest BCUT2D eigenvalue weighted by atomic mass is 32.2. The van der Waals surface area contributed by atoms with Crippen LogP contribution >= 0.6 is 23.5 Å². The van der Waals surface area contributed by atoms with E-state index in [-0.39, 0.29) is 92.7 Å². The number of aliphatic hydroxyl groups excluding tert-OH is 2. The third-order valence-electron chi connectivity index (χ3n) is 24.6. The molecule has 2 aromatic carbocycles. The molecule has 3 saturated heterocycles. The molecule has 2 aromatic rings. The Bertz CT molecular complexity index is 4820. The molecule has 0 spiro atoms. The predicted molar refractivity (Wildman–Crippen MR) is 494 cm³/mol. The minimum Gasteiger partial charge on any atom is -0.480 e. The molecule has 2 aliphatic carbocycles. The van der Waals surface area contributed by atoms with Crippen LogP contribution in [0.5, 0.6) is 0 Å². The first-order valence-electron chi connectivity index (χ1n) is 45.4. The number of likely N-dealkylation sites (N-methyl/N-ethyl adjacent to an activating group) is 2. The van der Waals surface area contributed by atoms with Crippen LogP contribution in [0.2, 0.25) is 0 Å². The molecule has 18 atom stereocenters. The highest BCUT2D eigenvalue weighted by Crippen LogP contribution is 2.43. The monoisotopic (exact) mass is 1950 g/mol. The summed E-state index contributed by atoms with van der Waals surface area (Å²) < 4.78 is 15.5. The second kappa shape index (κ2) is 53.5. The molecule has 0 aromatic heterocycles. The standard InChI is InChI=1S/C42H61N9O11S.C34H46N8O10S.C12H20N2O4.CH3F/c1-7-21(4)35-39(58)46-16-33(54)47-29(38(57)49-28(15-32(43)53)41(60)51-18-24(52)13-30(51)42(61)62)19-63-31-12-23-10-8-9-11-25(23)26(31)14-27(37(56)45-17-34(55)50-35)48-40(59)36(44-6)22(5)20(2)3;1-3-16(2)29-32(49)38-12-27(45)39-23(31(48)40-22(11-26(36)44)33(50)42-14-18(43)9-24(42)34(51)52)15-53-25-8-17-6-4-5-7-19(17)20(25)10-21(35)30(47)37-13-28(46)41-29;1-7(2)8(3)11(13-4)12(17)18-14-9(15)5-6-10(14)16;1-2/h8-11,20-22,24,27-30,35-36,44,52H,7,12-19H2,1-6H3,(H2,43,53)(H,45,56)(H,46,58)(H,47,54)(H,48,59)(H,49,57)(H,50,55)(H,61,62);4-7,16,18,21-24,29,43H,3,8-15,35H2,1-2H3,(H2,36,44)(H,37,47)(H,38,49)(H,39,45)(H,40,48)(H,41,46)(H,51,52);7-8,11,13H,5-6H2,1-4H3;1H3/t21-,22?,24+,27+,28-,29+,30-,35-,36-;16-,18+,21+,22-,23+,24-,29-;8-,11-;/m000./s1/i;;;1D. The fourth-order valence-electron chi connectivity index (χ4n) is 15.9. The molecule has 5 aliphatic heterocycles. The van der Waals surface area contributed by atoms with Crippen molar-refractivity contribution in [1.82, 2.24) is 84.0 Å². The predicted octanol–water partition coefficient (Wildman–Crippen LogP) is -3.76. The number of benzene rings is 2. The molecule has 47 heteroatoms. The zero-order chi connectivity index (χ0) is 102. The fraction of sp³-hybridized carbons (Fsp3) is 0.596. The molecule has 136 heavy (non-hydrogen) atoms. The summed E-state index contributed by atoms with van der Waals surface area (Å²) in [6, 6.07) is 0.136. The van der Waals surface area contributed by atoms with Gasteiger partial charge in [-0.15, -0.1) is 28.6 Å². The van der Waals surface area contributed by atoms with Gasteiger partial charge >= 0.3 is 17.9 Å². The summed E-state index contributed by atoms with van der Waals surface area (Å²) in [7, 11) is 2.30. The van der Waals surface area contributed by atoms with Crippen LogP contribution in [0.15, 0.2) is 58.3 Å². The molecule has 17 amide bonds. The summed E-state index contributed by atoms with van der Waals surface area (Å²) in [6.07, 6.45) is -2.39. The number of allylic oxidation sites excluding steroid dienone is 2. The van der Waals surface area contributed by atoms with Crippen LogP contribution in [0.3, 0.4) is 0 Å². The Balaban J connectivity index is 0.000000350. The number of likely N-dealkylation sites (tertiary alicyclic amines) is 2. The average molecular weight is 1950 g/mol. The Morgan fingerprint density at radius 3 is 1.29 bits per heavy atom. The van der Waals surface area contributed by atoms with E-state index in [0.29, 0.717) is 41.2 Å². The van der Waals surface area contributed by atoms with Gasteiger partial charge in [-0.2, -0.15) is 0 Å². The van der Waals surface area contributed by atoms with Gasteiger partial charge in [-0.3, -0.25) is 85.9 Å². The van der Waals surface area contributed by atoms with Crippen molar-refractivity contribution in [3.05, 3.63) is 80.6 Å². The van der Waals surface area contributed by atoms with Crippen LogP contribution in [0.25, 0.3) is 11.1 Å². The number of aliphatic hydroxyl groups is 2. The highest BCUT2D eigenvalue weighted by molar-refractivity contribution is 8.03. The number of alkyl halides is 1. The molecule has 44 nitrogen and oxygen atoms in total. The van der Waals surface area contributed by atoms with Crippen molar-refractivity contribution in [3.8, 4) is 0 Å². The first-order valence-corrected chi connectivity index (χ1v) is 46.7. The van der Waals surface area contributed by atoms with Crippen LogP contribution in [0, 0.1) is 35.5 Å². The van der Waals surface area contributed by atoms with Crippen molar-refractivity contribution in [1.29, 1.82) is 0 Å². The number of aliphatic carboxylic acids is 2. The maximum absolute atomic E-state index is 14.2. The Morgan fingerprint density at radius 1 is 0.544 bits per heavy atom. The van der Waals surface area contributed by atoms with Crippen LogP contribution in [0.1, 0.15) is 157 Å². The van der Waals surface area contributed by atoms with Crippen LogP contribution in [-0.4, -0.2) is 310 Å². The number of carboxylic acid groups (broad SMARTS) is 2. The minimum atomic E-state index is -1.68. The summed E-state index contributed by atoms with van der Waals surface area (Å²) in [4.78, 5) is 266. The lowest BCUT2D eigenvalue weighted by molar-refractivity contribution is -0.200. The summed E-state index contributed by atoms with van der Waals surface area (Å²) in [6.45, 7) is 15.9. The third kappa shape index (κ3) is 31.8. The molecule has 0 radical (unpaired) electrons. The first kappa shape index (κ1) is 111. The summed E-state index contributed by atoms with van der Waals surface area (Å²) in [5, 5.41) is 74.4. The van der Waals surface area contributed by atoms with E-state index in [1.165, 1.54) is 11.8 Å². The quantitative estimate of drug-likeness (QED) is 0.0402. The SMILES string of the molecule is CC[C@H](C)[C@@H]1NC(=O)CNC(=O)[C@H](N)CC2=C(Cc3ccccc32)SC[C@H](C(=O)N[C@@H](CC(N)=O)C(=O)N2C[C@H](O)C[C@H]2C(=O)O)NC(=O)CNC1=O.CC[C@H](C)[C@@H]1NC(=O)CNC(=O)[C@H](NC(=O)[C@@H](NC)C(C)C(C)C)CC2=C(Cc3ccccc32)SC[C@H](C(=O)N[C@@H](CC(N)=O)C(=O)N2C[C@H](O)C[C@H]2C(=O)O)NC(=O)CNC1=O.CN[C@H](C(=O)ON1C(=O)CCC1=O)[C@@H](C)C(C)C.[2H]CF. The summed E-state index contributed by atoms with van der Waals surface area (Å²) >= 11 is 2.35. The zero-order valence-electron chi connectivity index (χ0n) is 79.1. The fourth-order valence-corrected chi connectivity index (χ4v) is 18.3. The molecule has 0 saturated carbocycles. The van der Waals surface area contributed by atoms with E-state index in [4.69, 9.17) is 23.4 Å². The van der Waals surface area contributed by atoms with E-state index in [1.54, 1.807) is 41.8 Å². The molecule has 7 aliphatic rings. The van der Waals surface area contributed by atoms with Crippen molar-refractivity contribution >= 4 is 153 Å². The van der Waals surface area contributed by atoms with E-state index in [2.05, 4.69) is 69.1 Å². The van der Waals surface area contributed by atoms with Gasteiger partial charge in [0.15, 0.2) is 0 Å². The number of carbonyl (C=O) groups is 20. The number of nitrogens with one attached hydrogen (secondary N) is 13. The van der Waals surface area contributed by atoms with Gasteiger partial charge in [-0.05, 0) is 99.2 Å². The van der Waals surface area contributed by atoms with Gasteiger partial charge in [0.2, 0.25) is 88.6 Å². The Kier molecular flexibility index (Phi) is 43.6. The smallest absolute Gasteiger partial charge is 0.350 e. The van der Waals surface area contributed by atoms with E-state index in [0.717, 1.165) is 54.3 Å². The summed E-state index contributed by atoms with van der Waals surface area (Å²) in [5.41, 5.74) is 22.0. The van der Waals surface area contributed by atoms with Gasteiger partial charge in [0.25, 0.3) is 11.8 Å². The van der Waals surface area contributed by atoms with Gasteiger partial charge in [0.05, 0.1) is 71.8 Å². The number of imide groups is 1.